The Bertz CT molecular complexity index is 565. The quantitative estimate of drug-likeness (QED) is 0.662. The van der Waals surface area contributed by atoms with E-state index in [1.54, 1.807) is 6.07 Å². The Morgan fingerprint density at radius 3 is 2.67 bits per heavy atom. The zero-order chi connectivity index (χ0) is 12.5. The van der Waals surface area contributed by atoms with Crippen molar-refractivity contribution in [1.82, 2.24) is 0 Å². The summed E-state index contributed by atoms with van der Waals surface area (Å²) in [6.07, 6.45) is 1.03. The number of anilines is 1. The summed E-state index contributed by atoms with van der Waals surface area (Å²) in [5, 5.41) is 13.7. The molecule has 1 N–H and O–H groups in total. The molecule has 3 rings (SSSR count). The molecule has 1 aromatic carbocycles. The van der Waals surface area contributed by atoms with Gasteiger partial charge in [0, 0.05) is 18.0 Å². The summed E-state index contributed by atoms with van der Waals surface area (Å²) in [4.78, 5) is 9.95. The number of rotatable bonds is 4. The Kier molecular flexibility index (Phi) is 2.51. The van der Waals surface area contributed by atoms with Gasteiger partial charge in [-0.3, -0.25) is 10.1 Å². The number of benzene rings is 1. The molecular weight excluding hydrogens is 232 g/mol. The van der Waals surface area contributed by atoms with Crippen LogP contribution in [-0.4, -0.2) is 11.0 Å². The van der Waals surface area contributed by atoms with E-state index in [-0.39, 0.29) is 5.88 Å². The molecule has 5 heteroatoms. The first-order valence-corrected chi connectivity index (χ1v) is 5.80. The maximum atomic E-state index is 10.5. The molecule has 1 aliphatic carbocycles. The van der Waals surface area contributed by atoms with Crippen LogP contribution in [0.2, 0.25) is 0 Å². The van der Waals surface area contributed by atoms with Crippen LogP contribution in [0, 0.1) is 10.1 Å². The molecule has 0 amide bonds. The molecule has 1 aromatic heterocycles. The van der Waals surface area contributed by atoms with Gasteiger partial charge in [-0.1, -0.05) is 30.3 Å². The summed E-state index contributed by atoms with van der Waals surface area (Å²) in [7, 11) is 0. The Balaban J connectivity index is 1.64. The van der Waals surface area contributed by atoms with Crippen molar-refractivity contribution in [2.75, 3.05) is 5.32 Å². The van der Waals surface area contributed by atoms with Gasteiger partial charge in [0.1, 0.15) is 4.92 Å². The van der Waals surface area contributed by atoms with E-state index in [2.05, 4.69) is 17.4 Å². The largest absolute Gasteiger partial charge is 0.434 e. The summed E-state index contributed by atoms with van der Waals surface area (Å²) < 4.78 is 5.07. The van der Waals surface area contributed by atoms with Crippen molar-refractivity contribution < 1.29 is 9.34 Å². The molecule has 5 nitrogen and oxygen atoms in total. The molecule has 1 aliphatic rings. The minimum atomic E-state index is -0.535. The van der Waals surface area contributed by atoms with Crippen molar-refractivity contribution in [3.63, 3.8) is 0 Å². The molecule has 1 heterocycles. The fourth-order valence-corrected chi connectivity index (χ4v) is 2.11. The fourth-order valence-electron chi connectivity index (χ4n) is 2.11. The summed E-state index contributed by atoms with van der Waals surface area (Å²) in [5.41, 5.74) is 1.29. The van der Waals surface area contributed by atoms with Crippen molar-refractivity contribution in [2.24, 2.45) is 0 Å². The van der Waals surface area contributed by atoms with Crippen molar-refractivity contribution in [3.8, 4) is 0 Å². The lowest BCUT2D eigenvalue weighted by Gasteiger charge is -2.01. The van der Waals surface area contributed by atoms with Gasteiger partial charge in [-0.2, -0.15) is 0 Å². The molecule has 0 unspecified atom stereocenters. The van der Waals surface area contributed by atoms with Crippen LogP contribution in [0.15, 0.2) is 46.9 Å². The highest BCUT2D eigenvalue weighted by Crippen LogP contribution is 2.43. The van der Waals surface area contributed by atoms with Gasteiger partial charge >= 0.3 is 5.88 Å². The lowest BCUT2D eigenvalue weighted by Crippen LogP contribution is -2.02. The van der Waals surface area contributed by atoms with E-state index in [9.17, 15) is 10.1 Å². The van der Waals surface area contributed by atoms with E-state index in [4.69, 9.17) is 4.42 Å². The minimum Gasteiger partial charge on any atom is -0.385 e. The molecule has 1 saturated carbocycles. The highest BCUT2D eigenvalue weighted by atomic mass is 16.6. The number of hydrogen-bond acceptors (Lipinski definition) is 4. The average Bonchev–Trinajstić information content (AvgIpc) is 2.97. The van der Waals surface area contributed by atoms with Gasteiger partial charge in [-0.15, -0.1) is 0 Å². The van der Waals surface area contributed by atoms with Gasteiger partial charge in [0.25, 0.3) is 0 Å². The summed E-state index contributed by atoms with van der Waals surface area (Å²) in [6.45, 7) is 0. The third kappa shape index (κ3) is 2.07. The molecule has 0 bridgehead atoms. The normalized spacial score (nSPS) is 21.6. The molecule has 2 atom stereocenters. The van der Waals surface area contributed by atoms with Crippen molar-refractivity contribution >= 4 is 11.8 Å². The van der Waals surface area contributed by atoms with Gasteiger partial charge in [-0.05, 0) is 12.0 Å². The van der Waals surface area contributed by atoms with Crippen LogP contribution in [0.1, 0.15) is 17.9 Å². The van der Waals surface area contributed by atoms with Crippen molar-refractivity contribution in [1.29, 1.82) is 0 Å². The zero-order valence-electron chi connectivity index (χ0n) is 9.58. The molecule has 0 spiro atoms. The van der Waals surface area contributed by atoms with Crippen molar-refractivity contribution in [2.45, 2.75) is 18.4 Å². The first-order valence-electron chi connectivity index (χ1n) is 5.80. The molecular formula is C13H12N2O3. The number of nitro groups is 1. The topological polar surface area (TPSA) is 68.3 Å². The van der Waals surface area contributed by atoms with Gasteiger partial charge in [0.2, 0.25) is 5.88 Å². The maximum absolute atomic E-state index is 10.5. The Labute approximate surface area is 104 Å². The standard InChI is InChI=1S/C13H12N2O3/c16-15(17)13-7-6-12(18-13)14-11-8-10(11)9-4-2-1-3-5-9/h1-7,10-11,14H,8H2/t10-,11+/m1/s1. The Morgan fingerprint density at radius 2 is 2.00 bits per heavy atom. The number of hydrogen-bond donors (Lipinski definition) is 1. The summed E-state index contributed by atoms with van der Waals surface area (Å²) in [5.74, 6) is 0.704. The fraction of sp³-hybridized carbons (Fsp3) is 0.231. The second kappa shape index (κ2) is 4.18. The molecule has 0 aliphatic heterocycles. The number of nitrogens with zero attached hydrogens (tertiary/aromatic N) is 1. The minimum absolute atomic E-state index is 0.227. The Morgan fingerprint density at radius 1 is 1.22 bits per heavy atom. The Hall–Kier alpha value is -2.30. The van der Waals surface area contributed by atoms with Crippen LogP contribution < -0.4 is 5.32 Å². The average molecular weight is 244 g/mol. The molecule has 2 aromatic rings. The third-order valence-electron chi connectivity index (χ3n) is 3.12. The molecule has 0 saturated heterocycles. The summed E-state index contributed by atoms with van der Waals surface area (Å²) in [6, 6.07) is 13.5. The number of furan rings is 1. The van der Waals surface area contributed by atoms with Gasteiger partial charge in [0.15, 0.2) is 0 Å². The van der Waals surface area contributed by atoms with Crippen molar-refractivity contribution in [3.05, 3.63) is 58.1 Å². The lowest BCUT2D eigenvalue weighted by atomic mass is 10.1. The maximum Gasteiger partial charge on any atom is 0.434 e. The van der Waals surface area contributed by atoms with Crippen LogP contribution >= 0.6 is 0 Å². The molecule has 18 heavy (non-hydrogen) atoms. The predicted molar refractivity (Wildman–Crippen MR) is 66.6 cm³/mol. The lowest BCUT2D eigenvalue weighted by molar-refractivity contribution is -0.401. The van der Waals surface area contributed by atoms with E-state index < -0.39 is 4.92 Å². The van der Waals surface area contributed by atoms with E-state index in [1.165, 1.54) is 11.6 Å². The molecule has 92 valence electrons. The van der Waals surface area contributed by atoms with Crippen LogP contribution in [0.25, 0.3) is 0 Å². The van der Waals surface area contributed by atoms with E-state index in [1.807, 2.05) is 18.2 Å². The third-order valence-corrected chi connectivity index (χ3v) is 3.12. The van der Waals surface area contributed by atoms with Crippen LogP contribution in [-0.2, 0) is 0 Å². The molecule has 0 radical (unpaired) electrons. The first kappa shape index (κ1) is 10.8. The number of nitrogens with one attached hydrogen (secondary N) is 1. The highest BCUT2D eigenvalue weighted by molar-refractivity contribution is 5.42. The van der Waals surface area contributed by atoms with Gasteiger partial charge in [0.05, 0.1) is 6.07 Å². The van der Waals surface area contributed by atoms with E-state index >= 15 is 0 Å². The van der Waals surface area contributed by atoms with Gasteiger partial charge < -0.3 is 9.73 Å². The monoisotopic (exact) mass is 244 g/mol. The highest BCUT2D eigenvalue weighted by Gasteiger charge is 2.38. The van der Waals surface area contributed by atoms with Gasteiger partial charge in [-0.25, -0.2) is 0 Å². The second-order valence-corrected chi connectivity index (χ2v) is 4.40. The van der Waals surface area contributed by atoms with Crippen LogP contribution in [0.3, 0.4) is 0 Å². The smallest absolute Gasteiger partial charge is 0.385 e. The van der Waals surface area contributed by atoms with E-state index in [0.717, 1.165) is 6.42 Å². The molecule has 1 fully saturated rings. The second-order valence-electron chi connectivity index (χ2n) is 4.40. The predicted octanol–water partition coefficient (Wildman–Crippen LogP) is 3.16. The van der Waals surface area contributed by atoms with Crippen LogP contribution in [0.4, 0.5) is 11.8 Å². The first-order chi connectivity index (χ1) is 8.74. The SMILES string of the molecule is O=[N+]([O-])c1ccc(N[C@H]2C[C@@H]2c2ccccc2)o1. The summed E-state index contributed by atoms with van der Waals surface area (Å²) >= 11 is 0. The van der Waals surface area contributed by atoms with Crippen LogP contribution in [0.5, 0.6) is 0 Å². The zero-order valence-corrected chi connectivity index (χ0v) is 9.58. The van der Waals surface area contributed by atoms with E-state index in [0.29, 0.717) is 17.8 Å².